The van der Waals surface area contributed by atoms with Crippen molar-refractivity contribution in [2.45, 2.75) is 13.8 Å². The average molecular weight is 236 g/mol. The fourth-order valence-electron chi connectivity index (χ4n) is 2.03. The highest BCUT2D eigenvalue weighted by molar-refractivity contribution is 5.64. The molecular weight excluding hydrogens is 220 g/mol. The normalized spacial score (nSPS) is 9.83. The van der Waals surface area contributed by atoms with Gasteiger partial charge in [0.25, 0.3) is 0 Å². The van der Waals surface area contributed by atoms with E-state index in [1.807, 2.05) is 24.3 Å². The predicted octanol–water partition coefficient (Wildman–Crippen LogP) is 4.02. The molecule has 0 N–H and O–H groups in total. The number of nitrogens with zero attached hydrogens (tertiary/aromatic N) is 2. The van der Waals surface area contributed by atoms with Crippen molar-refractivity contribution in [3.05, 3.63) is 59.7 Å². The third-order valence-electron chi connectivity index (χ3n) is 2.94. The zero-order valence-electron chi connectivity index (χ0n) is 10.7. The molecular formula is C16H16N2. The number of anilines is 2. The monoisotopic (exact) mass is 236 g/mol. The molecule has 90 valence electrons. The van der Waals surface area contributed by atoms with Crippen molar-refractivity contribution in [1.29, 1.82) is 5.26 Å². The lowest BCUT2D eigenvalue weighted by Crippen LogP contribution is -2.15. The van der Waals surface area contributed by atoms with E-state index in [0.717, 1.165) is 12.2 Å². The van der Waals surface area contributed by atoms with Crippen LogP contribution >= 0.6 is 0 Å². The highest BCUT2D eigenvalue weighted by atomic mass is 15.1. The molecule has 0 aliphatic carbocycles. The van der Waals surface area contributed by atoms with Crippen LogP contribution < -0.4 is 4.90 Å². The summed E-state index contributed by atoms with van der Waals surface area (Å²) in [6.45, 7) is 5.12. The summed E-state index contributed by atoms with van der Waals surface area (Å²) < 4.78 is 0. The van der Waals surface area contributed by atoms with E-state index >= 15 is 0 Å². The zero-order chi connectivity index (χ0) is 13.0. The number of hydrogen-bond donors (Lipinski definition) is 0. The second kappa shape index (κ2) is 5.37. The van der Waals surface area contributed by atoms with Crippen LogP contribution in [0, 0.1) is 18.3 Å². The van der Waals surface area contributed by atoms with Crippen LogP contribution in [0.2, 0.25) is 0 Å². The van der Waals surface area contributed by atoms with Crippen molar-refractivity contribution in [1.82, 2.24) is 0 Å². The van der Waals surface area contributed by atoms with Crippen LogP contribution in [0.1, 0.15) is 18.1 Å². The van der Waals surface area contributed by atoms with Gasteiger partial charge in [0.15, 0.2) is 0 Å². The van der Waals surface area contributed by atoms with Gasteiger partial charge in [-0.3, -0.25) is 0 Å². The molecule has 0 atom stereocenters. The third kappa shape index (κ3) is 2.52. The van der Waals surface area contributed by atoms with Crippen LogP contribution in [0.15, 0.2) is 48.5 Å². The van der Waals surface area contributed by atoms with Crippen LogP contribution in [0.5, 0.6) is 0 Å². The standard InChI is InChI=1S/C16H16N2/c1-3-18(16-6-4-5-13(2)11-16)15-9-7-14(12-17)8-10-15/h4-11H,3H2,1-2H3. The third-order valence-corrected chi connectivity index (χ3v) is 2.94. The highest BCUT2D eigenvalue weighted by Crippen LogP contribution is 2.25. The number of aryl methyl sites for hydroxylation is 1. The van der Waals surface area contributed by atoms with Crippen LogP contribution in [0.25, 0.3) is 0 Å². The van der Waals surface area contributed by atoms with Crippen molar-refractivity contribution < 1.29 is 0 Å². The molecule has 2 aromatic carbocycles. The Labute approximate surface area is 108 Å². The van der Waals surface area contributed by atoms with Crippen molar-refractivity contribution in [2.75, 3.05) is 11.4 Å². The minimum atomic E-state index is 0.694. The van der Waals surface area contributed by atoms with Crippen LogP contribution in [0.4, 0.5) is 11.4 Å². The Morgan fingerprint density at radius 2 is 1.78 bits per heavy atom. The van der Waals surface area contributed by atoms with Gasteiger partial charge in [0.05, 0.1) is 11.6 Å². The van der Waals surface area contributed by atoms with E-state index in [-0.39, 0.29) is 0 Å². The number of nitriles is 1. The van der Waals surface area contributed by atoms with Crippen molar-refractivity contribution in [2.24, 2.45) is 0 Å². The Bertz CT molecular complexity index is 564. The molecule has 2 heteroatoms. The SMILES string of the molecule is CCN(c1ccc(C#N)cc1)c1cccc(C)c1. The summed E-state index contributed by atoms with van der Waals surface area (Å²) in [7, 11) is 0. The quantitative estimate of drug-likeness (QED) is 0.804. The maximum atomic E-state index is 8.81. The molecule has 18 heavy (non-hydrogen) atoms. The molecule has 0 saturated heterocycles. The Morgan fingerprint density at radius 1 is 1.06 bits per heavy atom. The van der Waals surface area contributed by atoms with Gasteiger partial charge in [0.1, 0.15) is 0 Å². The van der Waals surface area contributed by atoms with Crippen LogP contribution in [0.3, 0.4) is 0 Å². The van der Waals surface area contributed by atoms with Gasteiger partial charge in [-0.25, -0.2) is 0 Å². The molecule has 0 fully saturated rings. The zero-order valence-corrected chi connectivity index (χ0v) is 10.7. The predicted molar refractivity (Wildman–Crippen MR) is 75.0 cm³/mol. The second-order valence-electron chi connectivity index (χ2n) is 4.24. The van der Waals surface area contributed by atoms with Gasteiger partial charge < -0.3 is 4.90 Å². The van der Waals surface area contributed by atoms with E-state index in [0.29, 0.717) is 5.56 Å². The van der Waals surface area contributed by atoms with Crippen molar-refractivity contribution >= 4 is 11.4 Å². The lowest BCUT2D eigenvalue weighted by Gasteiger charge is -2.23. The summed E-state index contributed by atoms with van der Waals surface area (Å²) in [6, 6.07) is 18.3. The molecule has 0 heterocycles. The molecule has 0 amide bonds. The molecule has 2 aromatic rings. The van der Waals surface area contributed by atoms with Gasteiger partial charge in [-0.15, -0.1) is 0 Å². The molecule has 0 saturated carbocycles. The maximum Gasteiger partial charge on any atom is 0.0991 e. The van der Waals surface area contributed by atoms with Gasteiger partial charge in [-0.05, 0) is 55.8 Å². The van der Waals surface area contributed by atoms with Gasteiger partial charge in [0.2, 0.25) is 0 Å². The van der Waals surface area contributed by atoms with Gasteiger partial charge in [-0.2, -0.15) is 5.26 Å². The van der Waals surface area contributed by atoms with E-state index in [2.05, 4.69) is 49.1 Å². The molecule has 0 aliphatic rings. The Kier molecular flexibility index (Phi) is 3.64. The molecule has 2 nitrogen and oxygen atoms in total. The molecule has 0 bridgehead atoms. The van der Waals surface area contributed by atoms with E-state index < -0.39 is 0 Å². The van der Waals surface area contributed by atoms with Gasteiger partial charge >= 0.3 is 0 Å². The summed E-state index contributed by atoms with van der Waals surface area (Å²) in [4.78, 5) is 2.23. The Morgan fingerprint density at radius 3 is 2.33 bits per heavy atom. The second-order valence-corrected chi connectivity index (χ2v) is 4.24. The lowest BCUT2D eigenvalue weighted by atomic mass is 10.1. The summed E-state index contributed by atoms with van der Waals surface area (Å²) in [6.07, 6.45) is 0. The molecule has 0 radical (unpaired) electrons. The Balaban J connectivity index is 2.36. The maximum absolute atomic E-state index is 8.81. The highest BCUT2D eigenvalue weighted by Gasteiger charge is 2.06. The average Bonchev–Trinajstić information content (AvgIpc) is 2.40. The molecule has 0 aliphatic heterocycles. The summed E-state index contributed by atoms with van der Waals surface area (Å²) in [5, 5.41) is 8.81. The smallest absolute Gasteiger partial charge is 0.0991 e. The molecule has 0 unspecified atom stereocenters. The summed E-state index contributed by atoms with van der Waals surface area (Å²) in [5.74, 6) is 0. The van der Waals surface area contributed by atoms with Gasteiger partial charge in [0, 0.05) is 17.9 Å². The fourth-order valence-corrected chi connectivity index (χ4v) is 2.03. The number of hydrogen-bond acceptors (Lipinski definition) is 2. The van der Waals surface area contributed by atoms with Crippen molar-refractivity contribution in [3.8, 4) is 6.07 Å². The number of benzene rings is 2. The minimum absolute atomic E-state index is 0.694. The first kappa shape index (κ1) is 12.2. The summed E-state index contributed by atoms with van der Waals surface area (Å²) >= 11 is 0. The molecule has 2 rings (SSSR count). The first-order chi connectivity index (χ1) is 8.74. The lowest BCUT2D eigenvalue weighted by molar-refractivity contribution is 1.02. The number of rotatable bonds is 3. The summed E-state index contributed by atoms with van der Waals surface area (Å²) in [5.41, 5.74) is 4.24. The molecule has 0 spiro atoms. The van der Waals surface area contributed by atoms with E-state index in [1.54, 1.807) is 0 Å². The Hall–Kier alpha value is -2.27. The van der Waals surface area contributed by atoms with Crippen LogP contribution in [-0.4, -0.2) is 6.54 Å². The fraction of sp³-hybridized carbons (Fsp3) is 0.188. The van der Waals surface area contributed by atoms with E-state index in [4.69, 9.17) is 5.26 Å². The first-order valence-electron chi connectivity index (χ1n) is 6.09. The minimum Gasteiger partial charge on any atom is -0.342 e. The van der Waals surface area contributed by atoms with Crippen LogP contribution in [-0.2, 0) is 0 Å². The first-order valence-corrected chi connectivity index (χ1v) is 6.09. The van der Waals surface area contributed by atoms with E-state index in [1.165, 1.54) is 11.3 Å². The van der Waals surface area contributed by atoms with Crippen molar-refractivity contribution in [3.63, 3.8) is 0 Å². The largest absolute Gasteiger partial charge is 0.342 e. The molecule has 0 aromatic heterocycles. The topological polar surface area (TPSA) is 27.0 Å². The van der Waals surface area contributed by atoms with E-state index in [9.17, 15) is 0 Å². The van der Waals surface area contributed by atoms with Gasteiger partial charge in [-0.1, -0.05) is 12.1 Å².